The predicted molar refractivity (Wildman–Crippen MR) is 80.0 cm³/mol. The molecule has 6 nitrogen and oxygen atoms in total. The summed E-state index contributed by atoms with van der Waals surface area (Å²) in [6, 6.07) is 11.4. The molecule has 3 aromatic rings. The number of primary amides is 1. The van der Waals surface area contributed by atoms with E-state index in [1.807, 2.05) is 30.3 Å². The lowest BCUT2D eigenvalue weighted by atomic mass is 10.0. The Labute approximate surface area is 127 Å². The van der Waals surface area contributed by atoms with Crippen LogP contribution in [0.15, 0.2) is 47.0 Å². The maximum Gasteiger partial charge on any atom is 0.267 e. The van der Waals surface area contributed by atoms with Gasteiger partial charge in [-0.1, -0.05) is 12.1 Å². The Morgan fingerprint density at radius 2 is 1.91 bits per heavy atom. The summed E-state index contributed by atoms with van der Waals surface area (Å²) in [4.78, 5) is 15.1. The van der Waals surface area contributed by atoms with Gasteiger partial charge in [0.05, 0.1) is 0 Å². The monoisotopic (exact) mass is 294 g/mol. The third-order valence-corrected chi connectivity index (χ3v) is 3.21. The lowest BCUT2D eigenvalue weighted by molar-refractivity contribution is 0.0995. The number of hydrogen-bond donors (Lipinski definition) is 1. The fraction of sp³-hybridized carbons (Fsp3) is 0.125. The second-order valence-corrected chi connectivity index (χ2v) is 4.91. The van der Waals surface area contributed by atoms with Crippen molar-refractivity contribution >= 4 is 5.91 Å². The molecule has 0 saturated carbocycles. The number of amides is 1. The number of pyridine rings is 1. The Bertz CT molecular complexity index is 809. The molecule has 2 heterocycles. The minimum atomic E-state index is -0.524. The van der Waals surface area contributed by atoms with E-state index in [1.165, 1.54) is 0 Å². The summed E-state index contributed by atoms with van der Waals surface area (Å²) in [5.74, 6) is 0.516. The van der Waals surface area contributed by atoms with Gasteiger partial charge in [0.1, 0.15) is 5.69 Å². The summed E-state index contributed by atoms with van der Waals surface area (Å²) >= 11 is 0. The molecule has 6 heteroatoms. The van der Waals surface area contributed by atoms with Crippen molar-refractivity contribution in [1.29, 1.82) is 0 Å². The smallest absolute Gasteiger partial charge is 0.267 e. The molecule has 22 heavy (non-hydrogen) atoms. The number of aromatic nitrogens is 3. The topological polar surface area (TPSA) is 94.9 Å². The average Bonchev–Trinajstić information content (AvgIpc) is 2.95. The highest BCUT2D eigenvalue weighted by Crippen LogP contribution is 2.19. The normalized spacial score (nSPS) is 10.6. The molecule has 0 saturated heterocycles. The Hall–Kier alpha value is -3.02. The summed E-state index contributed by atoms with van der Waals surface area (Å²) < 4.78 is 5.39. The number of carbonyl (C=O) groups is 1. The van der Waals surface area contributed by atoms with Crippen LogP contribution in [0.1, 0.15) is 27.5 Å². The molecule has 1 amide bonds. The Morgan fingerprint density at radius 1 is 1.14 bits per heavy atom. The summed E-state index contributed by atoms with van der Waals surface area (Å²) in [5.41, 5.74) is 8.46. The van der Waals surface area contributed by atoms with Crippen molar-refractivity contribution in [3.05, 3.63) is 65.3 Å². The first-order valence-corrected chi connectivity index (χ1v) is 6.76. The second kappa shape index (κ2) is 5.77. The van der Waals surface area contributed by atoms with E-state index in [0.717, 1.165) is 16.7 Å². The van der Waals surface area contributed by atoms with Gasteiger partial charge < -0.3 is 10.2 Å². The Balaban J connectivity index is 1.79. The molecule has 0 atom stereocenters. The summed E-state index contributed by atoms with van der Waals surface area (Å²) in [6.45, 7) is 1.75. The number of hydrogen-bond acceptors (Lipinski definition) is 5. The zero-order valence-electron chi connectivity index (χ0n) is 12.0. The van der Waals surface area contributed by atoms with Crippen molar-refractivity contribution in [3.63, 3.8) is 0 Å². The van der Waals surface area contributed by atoms with Crippen LogP contribution in [0.4, 0.5) is 0 Å². The molecule has 0 aliphatic carbocycles. The number of aryl methyl sites for hydroxylation is 1. The second-order valence-electron chi connectivity index (χ2n) is 4.91. The number of carbonyl (C=O) groups excluding carboxylic acids is 1. The van der Waals surface area contributed by atoms with Crippen LogP contribution in [0.3, 0.4) is 0 Å². The number of rotatable bonds is 4. The van der Waals surface area contributed by atoms with E-state index in [-0.39, 0.29) is 5.69 Å². The van der Waals surface area contributed by atoms with Crippen molar-refractivity contribution in [2.75, 3.05) is 0 Å². The molecular weight excluding hydrogens is 280 g/mol. The van der Waals surface area contributed by atoms with Crippen LogP contribution in [0, 0.1) is 6.92 Å². The highest BCUT2D eigenvalue weighted by molar-refractivity contribution is 5.90. The fourth-order valence-corrected chi connectivity index (χ4v) is 2.13. The minimum Gasteiger partial charge on any atom is -0.421 e. The molecule has 0 bridgehead atoms. The molecule has 0 unspecified atom stereocenters. The van der Waals surface area contributed by atoms with Crippen LogP contribution in [0.25, 0.3) is 11.5 Å². The SMILES string of the molecule is Cc1nnc(-c2ccc(Cc3ccnc(C(N)=O)c3)cc2)o1. The molecule has 1 aromatic carbocycles. The molecule has 0 aliphatic rings. The lowest BCUT2D eigenvalue weighted by Gasteiger charge is -2.04. The van der Waals surface area contributed by atoms with Gasteiger partial charge in [0, 0.05) is 18.7 Å². The molecule has 2 N–H and O–H groups in total. The standard InChI is InChI=1S/C16H14N4O2/c1-10-19-20-16(22-10)13-4-2-11(3-5-13)8-12-6-7-18-14(9-12)15(17)21/h2-7,9H,8H2,1H3,(H2,17,21). The average molecular weight is 294 g/mol. The van der Waals surface area contributed by atoms with Crippen LogP contribution in [-0.2, 0) is 6.42 Å². The quantitative estimate of drug-likeness (QED) is 0.795. The Kier molecular flexibility index (Phi) is 3.65. The highest BCUT2D eigenvalue weighted by atomic mass is 16.4. The van der Waals surface area contributed by atoms with E-state index in [2.05, 4.69) is 15.2 Å². The van der Waals surface area contributed by atoms with Crippen molar-refractivity contribution in [2.45, 2.75) is 13.3 Å². The molecule has 0 aliphatic heterocycles. The molecular formula is C16H14N4O2. The minimum absolute atomic E-state index is 0.274. The van der Waals surface area contributed by atoms with E-state index in [4.69, 9.17) is 10.2 Å². The highest BCUT2D eigenvalue weighted by Gasteiger charge is 2.07. The van der Waals surface area contributed by atoms with Gasteiger partial charge in [0.25, 0.3) is 5.91 Å². The molecule has 110 valence electrons. The van der Waals surface area contributed by atoms with Gasteiger partial charge in [-0.3, -0.25) is 9.78 Å². The van der Waals surface area contributed by atoms with Crippen LogP contribution in [-0.4, -0.2) is 21.1 Å². The first-order chi connectivity index (χ1) is 10.6. The number of nitrogens with zero attached hydrogens (tertiary/aromatic N) is 3. The lowest BCUT2D eigenvalue weighted by Crippen LogP contribution is -2.13. The number of nitrogens with two attached hydrogens (primary N) is 1. The largest absolute Gasteiger partial charge is 0.421 e. The molecule has 0 radical (unpaired) electrons. The maximum atomic E-state index is 11.1. The Morgan fingerprint density at radius 3 is 2.55 bits per heavy atom. The third kappa shape index (κ3) is 3.01. The summed E-state index contributed by atoms with van der Waals surface area (Å²) in [5, 5.41) is 7.80. The van der Waals surface area contributed by atoms with Crippen molar-refractivity contribution in [3.8, 4) is 11.5 Å². The molecule has 3 rings (SSSR count). The summed E-state index contributed by atoms with van der Waals surface area (Å²) in [6.07, 6.45) is 2.27. The van der Waals surface area contributed by atoms with E-state index >= 15 is 0 Å². The van der Waals surface area contributed by atoms with Crippen molar-refractivity contribution in [1.82, 2.24) is 15.2 Å². The zero-order valence-corrected chi connectivity index (χ0v) is 12.0. The van der Waals surface area contributed by atoms with Crippen LogP contribution in [0.2, 0.25) is 0 Å². The van der Waals surface area contributed by atoms with Gasteiger partial charge in [-0.2, -0.15) is 0 Å². The molecule has 2 aromatic heterocycles. The van der Waals surface area contributed by atoms with E-state index in [9.17, 15) is 4.79 Å². The van der Waals surface area contributed by atoms with Gasteiger partial charge >= 0.3 is 0 Å². The summed E-state index contributed by atoms with van der Waals surface area (Å²) in [7, 11) is 0. The van der Waals surface area contributed by atoms with Crippen molar-refractivity contribution < 1.29 is 9.21 Å². The predicted octanol–water partition coefficient (Wildman–Crippen LogP) is 2.13. The van der Waals surface area contributed by atoms with E-state index in [1.54, 1.807) is 19.2 Å². The zero-order chi connectivity index (χ0) is 15.5. The van der Waals surface area contributed by atoms with Gasteiger partial charge in [-0.25, -0.2) is 0 Å². The van der Waals surface area contributed by atoms with Crippen molar-refractivity contribution in [2.24, 2.45) is 5.73 Å². The van der Waals surface area contributed by atoms with Crippen LogP contribution in [0.5, 0.6) is 0 Å². The van der Waals surface area contributed by atoms with Gasteiger partial charge in [-0.15, -0.1) is 10.2 Å². The van der Waals surface area contributed by atoms with E-state index < -0.39 is 5.91 Å². The first-order valence-electron chi connectivity index (χ1n) is 6.76. The molecule has 0 fully saturated rings. The van der Waals surface area contributed by atoms with Gasteiger partial charge in [-0.05, 0) is 41.8 Å². The molecule has 0 spiro atoms. The van der Waals surface area contributed by atoms with Gasteiger partial charge in [0.15, 0.2) is 0 Å². The number of benzene rings is 1. The first kappa shape index (κ1) is 13.9. The maximum absolute atomic E-state index is 11.1. The third-order valence-electron chi connectivity index (χ3n) is 3.21. The fourth-order valence-electron chi connectivity index (χ4n) is 2.13. The van der Waals surface area contributed by atoms with E-state index in [0.29, 0.717) is 18.2 Å². The van der Waals surface area contributed by atoms with Gasteiger partial charge in [0.2, 0.25) is 11.8 Å². The van der Waals surface area contributed by atoms with Crippen LogP contribution < -0.4 is 5.73 Å². The van der Waals surface area contributed by atoms with Crippen LogP contribution >= 0.6 is 0 Å².